The average molecular weight is 374 g/mol. The number of carbonyl (C=O) groups excluding carboxylic acids is 2. The molecular weight excluding hydrogens is 354 g/mol. The van der Waals surface area contributed by atoms with Gasteiger partial charge < -0.3 is 9.47 Å². The first-order chi connectivity index (χ1) is 10.2. The summed E-state index contributed by atoms with van der Waals surface area (Å²) in [5, 5.41) is 4.26. The van der Waals surface area contributed by atoms with Gasteiger partial charge in [-0.15, -0.1) is 0 Å². The second kappa shape index (κ2) is 6.28. The van der Waals surface area contributed by atoms with Gasteiger partial charge in [-0.1, -0.05) is 0 Å². The van der Waals surface area contributed by atoms with Crippen molar-refractivity contribution in [2.45, 2.75) is 52.4 Å². The monoisotopic (exact) mass is 373 g/mol. The molecule has 1 unspecified atom stereocenters. The highest BCUT2D eigenvalue weighted by Crippen LogP contribution is 2.23. The topological polar surface area (TPSA) is 73.7 Å². The number of ether oxygens (including phenoxy) is 2. The minimum Gasteiger partial charge on any atom is -0.464 e. The number of nitrogens with zero attached hydrogens (tertiary/aromatic N) is 3. The summed E-state index contributed by atoms with van der Waals surface area (Å²) in [4.78, 5) is 26.0. The van der Waals surface area contributed by atoms with Gasteiger partial charge in [-0.05, 0) is 49.7 Å². The van der Waals surface area contributed by atoms with Gasteiger partial charge in [-0.2, -0.15) is 5.10 Å². The van der Waals surface area contributed by atoms with Crippen molar-refractivity contribution in [3.05, 3.63) is 16.4 Å². The SMILES string of the molecule is CCOC(=O)C1Cn2nc(Br)cc2CN1C(=O)OC(C)(C)C. The molecular formula is C14H20BrN3O4. The molecule has 1 aromatic heterocycles. The molecule has 2 rings (SSSR count). The molecule has 7 nitrogen and oxygen atoms in total. The van der Waals surface area contributed by atoms with Crippen LogP contribution in [-0.2, 0) is 27.4 Å². The van der Waals surface area contributed by atoms with Crippen molar-refractivity contribution in [2.75, 3.05) is 6.61 Å². The van der Waals surface area contributed by atoms with E-state index in [1.54, 1.807) is 32.4 Å². The van der Waals surface area contributed by atoms with Crippen LogP contribution in [0.1, 0.15) is 33.4 Å². The van der Waals surface area contributed by atoms with E-state index in [4.69, 9.17) is 9.47 Å². The van der Waals surface area contributed by atoms with Crippen LogP contribution in [0.3, 0.4) is 0 Å². The number of hydrogen-bond donors (Lipinski definition) is 0. The zero-order valence-electron chi connectivity index (χ0n) is 13.1. The van der Waals surface area contributed by atoms with Crippen LogP contribution in [0.25, 0.3) is 0 Å². The van der Waals surface area contributed by atoms with Gasteiger partial charge >= 0.3 is 12.1 Å². The summed E-state index contributed by atoms with van der Waals surface area (Å²) in [7, 11) is 0. The van der Waals surface area contributed by atoms with Crippen LogP contribution in [0, 0.1) is 0 Å². The largest absolute Gasteiger partial charge is 0.464 e. The average Bonchev–Trinajstić information content (AvgIpc) is 2.74. The molecule has 1 aromatic rings. The Balaban J connectivity index is 2.27. The van der Waals surface area contributed by atoms with E-state index in [9.17, 15) is 9.59 Å². The number of hydrogen-bond acceptors (Lipinski definition) is 5. The van der Waals surface area contributed by atoms with Gasteiger partial charge in [-0.3, -0.25) is 9.58 Å². The predicted molar refractivity (Wildman–Crippen MR) is 82.1 cm³/mol. The summed E-state index contributed by atoms with van der Waals surface area (Å²) >= 11 is 3.30. The maximum Gasteiger partial charge on any atom is 0.411 e. The Morgan fingerprint density at radius 1 is 1.45 bits per heavy atom. The standard InChI is InChI=1S/C14H20BrN3O4/c1-5-21-12(19)10-8-18-9(6-11(15)16-18)7-17(10)13(20)22-14(2,3)4/h6,10H,5,7-8H2,1-4H3. The molecule has 1 aliphatic heterocycles. The first-order valence-corrected chi connectivity index (χ1v) is 7.89. The minimum atomic E-state index is -0.742. The van der Waals surface area contributed by atoms with E-state index < -0.39 is 23.7 Å². The Kier molecular flexibility index (Phi) is 4.79. The first-order valence-electron chi connectivity index (χ1n) is 7.09. The van der Waals surface area contributed by atoms with Gasteiger partial charge in [-0.25, -0.2) is 9.59 Å². The van der Waals surface area contributed by atoms with E-state index >= 15 is 0 Å². The molecule has 0 N–H and O–H groups in total. The number of rotatable bonds is 2. The molecule has 0 saturated heterocycles. The van der Waals surface area contributed by atoms with Crippen LogP contribution < -0.4 is 0 Å². The zero-order valence-corrected chi connectivity index (χ0v) is 14.7. The summed E-state index contributed by atoms with van der Waals surface area (Å²) in [6, 6.07) is 1.08. The third kappa shape index (κ3) is 3.79. The molecule has 0 aromatic carbocycles. The van der Waals surface area contributed by atoms with Crippen molar-refractivity contribution in [2.24, 2.45) is 0 Å². The van der Waals surface area contributed by atoms with E-state index in [2.05, 4.69) is 21.0 Å². The van der Waals surface area contributed by atoms with E-state index in [0.29, 0.717) is 4.60 Å². The summed E-state index contributed by atoms with van der Waals surface area (Å²) in [6.07, 6.45) is -0.533. The highest BCUT2D eigenvalue weighted by molar-refractivity contribution is 9.10. The normalized spacial score (nSPS) is 17.9. The lowest BCUT2D eigenvalue weighted by Gasteiger charge is -2.35. The maximum absolute atomic E-state index is 12.4. The quantitative estimate of drug-likeness (QED) is 0.743. The second-order valence-corrected chi connectivity index (χ2v) is 6.83. The molecule has 0 aliphatic carbocycles. The van der Waals surface area contributed by atoms with Gasteiger partial charge in [0.15, 0.2) is 6.04 Å². The van der Waals surface area contributed by atoms with Crippen LogP contribution in [0.2, 0.25) is 0 Å². The van der Waals surface area contributed by atoms with Gasteiger partial charge in [0.2, 0.25) is 0 Å². The van der Waals surface area contributed by atoms with Crippen molar-refractivity contribution in [3.8, 4) is 0 Å². The fraction of sp³-hybridized carbons (Fsp3) is 0.643. The van der Waals surface area contributed by atoms with Crippen LogP contribution >= 0.6 is 15.9 Å². The molecule has 0 saturated carbocycles. The Morgan fingerprint density at radius 3 is 2.73 bits per heavy atom. The van der Waals surface area contributed by atoms with Crippen molar-refractivity contribution in [3.63, 3.8) is 0 Å². The van der Waals surface area contributed by atoms with Crippen LogP contribution in [0.4, 0.5) is 4.79 Å². The van der Waals surface area contributed by atoms with Gasteiger partial charge in [0.25, 0.3) is 0 Å². The molecule has 8 heteroatoms. The van der Waals surface area contributed by atoms with E-state index in [0.717, 1.165) is 5.69 Å². The first kappa shape index (κ1) is 16.8. The molecule has 0 bridgehead atoms. The van der Waals surface area contributed by atoms with Crippen molar-refractivity contribution in [1.82, 2.24) is 14.7 Å². The van der Waals surface area contributed by atoms with E-state index in [1.165, 1.54) is 4.90 Å². The van der Waals surface area contributed by atoms with Crippen molar-refractivity contribution >= 4 is 28.0 Å². The van der Waals surface area contributed by atoms with Crippen LogP contribution in [0.5, 0.6) is 0 Å². The zero-order chi connectivity index (χ0) is 16.5. The van der Waals surface area contributed by atoms with Crippen LogP contribution in [0.15, 0.2) is 10.7 Å². The Hall–Kier alpha value is -1.57. The van der Waals surface area contributed by atoms with Crippen LogP contribution in [-0.4, -0.2) is 45.0 Å². The summed E-state index contributed by atoms with van der Waals surface area (Å²) in [5.41, 5.74) is 0.201. The highest BCUT2D eigenvalue weighted by Gasteiger charge is 2.38. The Bertz CT molecular complexity index is 579. The molecule has 0 fully saturated rings. The lowest BCUT2D eigenvalue weighted by molar-refractivity contribution is -0.151. The third-order valence-corrected chi connectivity index (χ3v) is 3.46. The summed E-state index contributed by atoms with van der Waals surface area (Å²) < 4.78 is 12.8. The Labute approximate surface area is 137 Å². The fourth-order valence-electron chi connectivity index (χ4n) is 2.21. The second-order valence-electron chi connectivity index (χ2n) is 6.02. The lowest BCUT2D eigenvalue weighted by atomic mass is 10.1. The molecule has 122 valence electrons. The molecule has 1 amide bonds. The van der Waals surface area contributed by atoms with Gasteiger partial charge in [0.1, 0.15) is 10.2 Å². The van der Waals surface area contributed by atoms with Gasteiger partial charge in [0.05, 0.1) is 25.4 Å². The predicted octanol–water partition coefficient (Wildman–Crippen LogP) is 2.33. The minimum absolute atomic E-state index is 0.247. The molecule has 2 heterocycles. The fourth-order valence-corrected chi connectivity index (χ4v) is 2.66. The number of aromatic nitrogens is 2. The van der Waals surface area contributed by atoms with Crippen molar-refractivity contribution in [1.29, 1.82) is 0 Å². The third-order valence-electron chi connectivity index (χ3n) is 3.07. The molecule has 0 spiro atoms. The highest BCUT2D eigenvalue weighted by atomic mass is 79.9. The van der Waals surface area contributed by atoms with E-state index in [1.807, 2.05) is 6.07 Å². The maximum atomic E-state index is 12.4. The molecule has 22 heavy (non-hydrogen) atoms. The number of esters is 1. The number of fused-ring (bicyclic) bond motifs is 1. The molecule has 1 aliphatic rings. The molecule has 1 atom stereocenters. The number of halogens is 1. The lowest BCUT2D eigenvalue weighted by Crippen LogP contribution is -2.52. The van der Waals surface area contributed by atoms with Gasteiger partial charge in [0, 0.05) is 0 Å². The number of amides is 1. The number of carbonyl (C=O) groups is 2. The summed E-state index contributed by atoms with van der Waals surface area (Å²) in [5.74, 6) is -0.453. The Morgan fingerprint density at radius 2 is 2.14 bits per heavy atom. The summed E-state index contributed by atoms with van der Waals surface area (Å²) in [6.45, 7) is 7.84. The molecule has 0 radical (unpaired) electrons. The van der Waals surface area contributed by atoms with E-state index in [-0.39, 0.29) is 19.7 Å². The van der Waals surface area contributed by atoms with Crippen molar-refractivity contribution < 1.29 is 19.1 Å². The smallest absolute Gasteiger partial charge is 0.411 e.